The van der Waals surface area contributed by atoms with E-state index < -0.39 is 5.82 Å². The van der Waals surface area contributed by atoms with Crippen LogP contribution in [-0.4, -0.2) is 10.8 Å². The van der Waals surface area contributed by atoms with Gasteiger partial charge in [-0.15, -0.1) is 0 Å². The van der Waals surface area contributed by atoms with Gasteiger partial charge in [0.15, 0.2) is 5.76 Å². The fourth-order valence-electron chi connectivity index (χ4n) is 2.03. The molecule has 3 aromatic rings. The molecule has 0 aliphatic rings. The van der Waals surface area contributed by atoms with E-state index in [1.165, 1.54) is 12.1 Å². The number of fused-ring (bicyclic) bond motifs is 1. The van der Waals surface area contributed by atoms with E-state index in [4.69, 9.17) is 4.42 Å². The fourth-order valence-corrected chi connectivity index (χ4v) is 2.62. The molecule has 0 amide bonds. The molecule has 20 heavy (non-hydrogen) atoms. The lowest BCUT2D eigenvalue weighted by Gasteiger charge is -1.96. The molecule has 0 unspecified atom stereocenters. The fraction of sp³-hybridized carbons (Fsp3) is 0.0667. The second-order valence-electron chi connectivity index (χ2n) is 4.44. The molecule has 2 aromatic heterocycles. The highest BCUT2D eigenvalue weighted by Gasteiger charge is 2.17. The number of furan rings is 1. The van der Waals surface area contributed by atoms with E-state index in [1.807, 2.05) is 19.1 Å². The third kappa shape index (κ3) is 2.25. The standard InChI is InChI=1S/C15H9BrFNO2/c1-8-4-10(16)5-9-6-13(20-15(8)9)14(19)12-3-2-11(17)7-18-12/h2-7H,1H3. The van der Waals surface area contributed by atoms with Crippen LogP contribution in [-0.2, 0) is 0 Å². The first-order valence-electron chi connectivity index (χ1n) is 5.90. The first kappa shape index (κ1) is 13.0. The summed E-state index contributed by atoms with van der Waals surface area (Å²) in [5.74, 6) is -0.650. The Morgan fingerprint density at radius 3 is 2.80 bits per heavy atom. The lowest BCUT2D eigenvalue weighted by atomic mass is 10.1. The zero-order valence-electron chi connectivity index (χ0n) is 10.5. The van der Waals surface area contributed by atoms with Gasteiger partial charge in [-0.2, -0.15) is 0 Å². The van der Waals surface area contributed by atoms with Gasteiger partial charge in [0, 0.05) is 9.86 Å². The zero-order chi connectivity index (χ0) is 14.3. The highest BCUT2D eigenvalue weighted by atomic mass is 79.9. The average molecular weight is 334 g/mol. The van der Waals surface area contributed by atoms with Gasteiger partial charge in [-0.25, -0.2) is 9.37 Å². The summed E-state index contributed by atoms with van der Waals surface area (Å²) in [5, 5.41) is 0.835. The lowest BCUT2D eigenvalue weighted by molar-refractivity contribution is 0.101. The van der Waals surface area contributed by atoms with Gasteiger partial charge >= 0.3 is 0 Å². The minimum absolute atomic E-state index is 0.155. The Balaban J connectivity index is 2.08. The van der Waals surface area contributed by atoms with E-state index in [1.54, 1.807) is 6.07 Å². The van der Waals surface area contributed by atoms with Crippen molar-refractivity contribution >= 4 is 32.7 Å². The number of ketones is 1. The van der Waals surface area contributed by atoms with Crippen molar-refractivity contribution in [3.8, 4) is 0 Å². The number of benzene rings is 1. The van der Waals surface area contributed by atoms with Crippen molar-refractivity contribution in [3.63, 3.8) is 0 Å². The summed E-state index contributed by atoms with van der Waals surface area (Å²) in [6.07, 6.45) is 1.01. The van der Waals surface area contributed by atoms with Crippen LogP contribution in [0, 0.1) is 12.7 Å². The van der Waals surface area contributed by atoms with Crippen molar-refractivity contribution in [2.75, 3.05) is 0 Å². The second-order valence-corrected chi connectivity index (χ2v) is 5.36. The van der Waals surface area contributed by atoms with Gasteiger partial charge in [0.05, 0.1) is 6.20 Å². The first-order chi connectivity index (χ1) is 9.54. The number of hydrogen-bond donors (Lipinski definition) is 0. The number of carbonyl (C=O) groups is 1. The monoisotopic (exact) mass is 333 g/mol. The first-order valence-corrected chi connectivity index (χ1v) is 6.70. The summed E-state index contributed by atoms with van der Waals surface area (Å²) in [6.45, 7) is 1.90. The Morgan fingerprint density at radius 2 is 2.10 bits per heavy atom. The number of aryl methyl sites for hydroxylation is 1. The molecule has 5 heteroatoms. The molecule has 3 nitrogen and oxygen atoms in total. The largest absolute Gasteiger partial charge is 0.452 e. The Kier molecular flexibility index (Phi) is 3.14. The van der Waals surface area contributed by atoms with Gasteiger partial charge in [-0.05, 0) is 42.8 Å². The average Bonchev–Trinajstić information content (AvgIpc) is 2.83. The third-order valence-electron chi connectivity index (χ3n) is 2.95. The summed E-state index contributed by atoms with van der Waals surface area (Å²) >= 11 is 3.40. The summed E-state index contributed by atoms with van der Waals surface area (Å²) in [7, 11) is 0. The van der Waals surface area contributed by atoms with E-state index in [-0.39, 0.29) is 17.2 Å². The van der Waals surface area contributed by atoms with Crippen molar-refractivity contribution in [2.24, 2.45) is 0 Å². The van der Waals surface area contributed by atoms with Crippen molar-refractivity contribution in [2.45, 2.75) is 6.92 Å². The molecule has 0 fully saturated rings. The normalized spacial score (nSPS) is 10.9. The van der Waals surface area contributed by atoms with E-state index in [2.05, 4.69) is 20.9 Å². The number of carbonyl (C=O) groups excluding carboxylic acids is 1. The molecule has 0 saturated carbocycles. The maximum absolute atomic E-state index is 12.8. The predicted molar refractivity (Wildman–Crippen MR) is 76.3 cm³/mol. The van der Waals surface area contributed by atoms with Gasteiger partial charge in [-0.3, -0.25) is 4.79 Å². The maximum Gasteiger partial charge on any atom is 0.246 e. The van der Waals surface area contributed by atoms with Crippen molar-refractivity contribution in [1.29, 1.82) is 0 Å². The van der Waals surface area contributed by atoms with Crippen LogP contribution in [0.3, 0.4) is 0 Å². The van der Waals surface area contributed by atoms with Gasteiger partial charge < -0.3 is 4.42 Å². The maximum atomic E-state index is 12.8. The van der Waals surface area contributed by atoms with Crippen molar-refractivity contribution < 1.29 is 13.6 Å². The van der Waals surface area contributed by atoms with Crippen LogP contribution >= 0.6 is 15.9 Å². The quantitative estimate of drug-likeness (QED) is 0.658. The molecule has 0 radical (unpaired) electrons. The molecule has 1 aromatic carbocycles. The molecular formula is C15H9BrFNO2. The van der Waals surface area contributed by atoms with E-state index in [0.29, 0.717) is 5.58 Å². The molecule has 0 aliphatic heterocycles. The molecule has 0 atom stereocenters. The zero-order valence-corrected chi connectivity index (χ0v) is 12.1. The molecule has 3 rings (SSSR count). The van der Waals surface area contributed by atoms with Crippen LogP contribution in [0.15, 0.2) is 45.4 Å². The number of rotatable bonds is 2. The van der Waals surface area contributed by atoms with Crippen LogP contribution in [0.4, 0.5) is 4.39 Å². The molecule has 0 spiro atoms. The number of aromatic nitrogens is 1. The third-order valence-corrected chi connectivity index (χ3v) is 3.41. The van der Waals surface area contributed by atoms with Gasteiger partial charge in [0.2, 0.25) is 5.78 Å². The Bertz CT molecular complexity index is 809. The highest BCUT2D eigenvalue weighted by Crippen LogP contribution is 2.27. The summed E-state index contributed by atoms with van der Waals surface area (Å²) < 4.78 is 19.3. The van der Waals surface area contributed by atoms with Crippen molar-refractivity contribution in [1.82, 2.24) is 4.98 Å². The lowest BCUT2D eigenvalue weighted by Crippen LogP contribution is -2.02. The summed E-state index contributed by atoms with van der Waals surface area (Å²) in [5.41, 5.74) is 1.75. The number of nitrogens with zero attached hydrogens (tertiary/aromatic N) is 1. The van der Waals surface area contributed by atoms with Crippen LogP contribution < -0.4 is 0 Å². The molecule has 100 valence electrons. The predicted octanol–water partition coefficient (Wildman–Crippen LogP) is 4.27. The van der Waals surface area contributed by atoms with E-state index in [9.17, 15) is 9.18 Å². The van der Waals surface area contributed by atoms with E-state index >= 15 is 0 Å². The number of hydrogen-bond acceptors (Lipinski definition) is 3. The van der Waals surface area contributed by atoms with Crippen LogP contribution in [0.25, 0.3) is 11.0 Å². The molecule has 0 aliphatic carbocycles. The topological polar surface area (TPSA) is 43.1 Å². The smallest absolute Gasteiger partial charge is 0.246 e. The SMILES string of the molecule is Cc1cc(Br)cc2cc(C(=O)c3ccc(F)cn3)oc12. The number of halogens is 2. The second kappa shape index (κ2) is 4.83. The van der Waals surface area contributed by atoms with Crippen LogP contribution in [0.2, 0.25) is 0 Å². The van der Waals surface area contributed by atoms with E-state index in [0.717, 1.165) is 21.6 Å². The Labute approximate surface area is 122 Å². The molecular weight excluding hydrogens is 325 g/mol. The van der Waals surface area contributed by atoms with Gasteiger partial charge in [-0.1, -0.05) is 15.9 Å². The molecule has 0 saturated heterocycles. The Hall–Kier alpha value is -2.01. The van der Waals surface area contributed by atoms with Gasteiger partial charge in [0.1, 0.15) is 17.1 Å². The summed E-state index contributed by atoms with van der Waals surface area (Å²) in [6, 6.07) is 8.00. The highest BCUT2D eigenvalue weighted by molar-refractivity contribution is 9.10. The number of pyridine rings is 1. The van der Waals surface area contributed by atoms with Crippen LogP contribution in [0.1, 0.15) is 21.8 Å². The molecule has 0 N–H and O–H groups in total. The van der Waals surface area contributed by atoms with Crippen LogP contribution in [0.5, 0.6) is 0 Å². The molecule has 2 heterocycles. The van der Waals surface area contributed by atoms with Crippen molar-refractivity contribution in [3.05, 3.63) is 63.8 Å². The molecule has 0 bridgehead atoms. The minimum atomic E-state index is -0.481. The Morgan fingerprint density at radius 1 is 1.30 bits per heavy atom. The minimum Gasteiger partial charge on any atom is -0.452 e. The summed E-state index contributed by atoms with van der Waals surface area (Å²) in [4.78, 5) is 16.0. The van der Waals surface area contributed by atoms with Gasteiger partial charge in [0.25, 0.3) is 0 Å².